The fourth-order valence-corrected chi connectivity index (χ4v) is 3.90. The van der Waals surface area contributed by atoms with Gasteiger partial charge in [-0.3, -0.25) is 0 Å². The lowest BCUT2D eigenvalue weighted by molar-refractivity contribution is 0.595. The van der Waals surface area contributed by atoms with Gasteiger partial charge in [0.15, 0.2) is 0 Å². The molecule has 0 atom stereocenters. The molecule has 0 saturated heterocycles. The molecule has 0 aliphatic heterocycles. The van der Waals surface area contributed by atoms with E-state index in [1.807, 2.05) is 30.7 Å². The Hall–Kier alpha value is -1.40. The van der Waals surface area contributed by atoms with Crippen molar-refractivity contribution >= 4 is 21.4 Å². The van der Waals surface area contributed by atoms with Gasteiger partial charge in [0.05, 0.1) is 4.90 Å². The lowest BCUT2D eigenvalue weighted by Crippen LogP contribution is -2.17. The summed E-state index contributed by atoms with van der Waals surface area (Å²) in [6.45, 7) is 6.54. The molecule has 4 nitrogen and oxygen atoms in total. The number of aromatic nitrogens is 1. The van der Waals surface area contributed by atoms with Gasteiger partial charge in [0.1, 0.15) is 0 Å². The van der Waals surface area contributed by atoms with E-state index >= 15 is 0 Å². The topological polar surface area (TPSA) is 51.4 Å². The first-order valence-corrected chi connectivity index (χ1v) is 8.28. The second-order valence-corrected chi connectivity index (χ2v) is 6.72. The lowest BCUT2D eigenvalue weighted by Gasteiger charge is -2.01. The van der Waals surface area contributed by atoms with Crippen LogP contribution in [0, 0.1) is 13.8 Å². The van der Waals surface area contributed by atoms with Crippen molar-refractivity contribution in [3.63, 3.8) is 0 Å². The summed E-state index contributed by atoms with van der Waals surface area (Å²) < 4.78 is 30.3. The predicted molar refractivity (Wildman–Crippen MR) is 76.6 cm³/mol. The van der Waals surface area contributed by atoms with Crippen LogP contribution in [0.3, 0.4) is 0 Å². The van der Waals surface area contributed by atoms with Crippen LogP contribution >= 0.6 is 11.3 Å². The van der Waals surface area contributed by atoms with E-state index in [0.29, 0.717) is 11.3 Å². The van der Waals surface area contributed by atoms with Gasteiger partial charge in [-0.05, 0) is 32.9 Å². The monoisotopic (exact) mass is 296 g/mol. The molecule has 102 valence electrons. The molecule has 1 aromatic heterocycles. The van der Waals surface area contributed by atoms with Crippen molar-refractivity contribution in [2.75, 3.05) is 0 Å². The molecular weight excluding hydrogens is 280 g/mol. The molecule has 0 aliphatic carbocycles. The molecule has 0 fully saturated rings. The molecule has 0 radical (unpaired) electrons. The fraction of sp³-hybridized carbons (Fsp3) is 0.308. The summed E-state index contributed by atoms with van der Waals surface area (Å²) >= 11 is 1.34. The van der Waals surface area contributed by atoms with Crippen molar-refractivity contribution in [1.82, 2.24) is 4.57 Å². The van der Waals surface area contributed by atoms with Gasteiger partial charge in [0.2, 0.25) is 4.80 Å². The molecule has 19 heavy (non-hydrogen) atoms. The Balaban J connectivity index is 2.54. The van der Waals surface area contributed by atoms with Crippen LogP contribution in [0.15, 0.2) is 38.9 Å². The zero-order valence-corrected chi connectivity index (χ0v) is 12.8. The summed E-state index contributed by atoms with van der Waals surface area (Å²) in [6, 6.07) is 6.72. The van der Waals surface area contributed by atoms with Gasteiger partial charge in [-0.1, -0.05) is 17.7 Å². The van der Waals surface area contributed by atoms with Crippen LogP contribution in [0.25, 0.3) is 0 Å². The van der Waals surface area contributed by atoms with Crippen LogP contribution < -0.4 is 4.80 Å². The number of benzene rings is 1. The highest BCUT2D eigenvalue weighted by atomic mass is 32.2. The van der Waals surface area contributed by atoms with E-state index in [9.17, 15) is 8.42 Å². The van der Waals surface area contributed by atoms with Crippen molar-refractivity contribution in [2.24, 2.45) is 4.40 Å². The number of rotatable bonds is 3. The molecule has 6 heteroatoms. The highest BCUT2D eigenvalue weighted by Gasteiger charge is 2.13. The Labute approximate surface area is 117 Å². The predicted octanol–water partition coefficient (Wildman–Crippen LogP) is 2.48. The Morgan fingerprint density at radius 3 is 2.42 bits per heavy atom. The van der Waals surface area contributed by atoms with E-state index in [-0.39, 0.29) is 4.90 Å². The molecule has 2 aromatic rings. The average Bonchev–Trinajstić information content (AvgIpc) is 2.69. The Morgan fingerprint density at radius 2 is 1.84 bits per heavy atom. The van der Waals surface area contributed by atoms with Gasteiger partial charge in [-0.15, -0.1) is 15.7 Å². The third-order valence-corrected chi connectivity index (χ3v) is 5.20. The zero-order chi connectivity index (χ0) is 14.0. The molecule has 0 bridgehead atoms. The summed E-state index contributed by atoms with van der Waals surface area (Å²) in [7, 11) is -3.63. The zero-order valence-electron chi connectivity index (χ0n) is 11.1. The van der Waals surface area contributed by atoms with Crippen molar-refractivity contribution < 1.29 is 8.42 Å². The number of hydrogen-bond donors (Lipinski definition) is 0. The summed E-state index contributed by atoms with van der Waals surface area (Å²) in [6.07, 6.45) is 0. The van der Waals surface area contributed by atoms with E-state index in [1.165, 1.54) is 11.3 Å². The van der Waals surface area contributed by atoms with Crippen LogP contribution in [0.5, 0.6) is 0 Å². The minimum absolute atomic E-state index is 0.229. The minimum Gasteiger partial charge on any atom is -0.321 e. The van der Waals surface area contributed by atoms with Crippen LogP contribution in [-0.2, 0) is 16.6 Å². The largest absolute Gasteiger partial charge is 0.321 e. The maximum Gasteiger partial charge on any atom is 0.285 e. The Bertz CT molecular complexity index is 738. The van der Waals surface area contributed by atoms with Crippen molar-refractivity contribution in [2.45, 2.75) is 32.2 Å². The highest BCUT2D eigenvalue weighted by Crippen LogP contribution is 2.13. The SMILES string of the molecule is CCn1c(C)csc1=NS(=O)(=O)c1ccc(C)cc1. The second kappa shape index (κ2) is 5.30. The fourth-order valence-electron chi connectivity index (χ4n) is 1.74. The molecule has 2 rings (SSSR count). The summed E-state index contributed by atoms with van der Waals surface area (Å²) in [5.74, 6) is 0. The van der Waals surface area contributed by atoms with Gasteiger partial charge >= 0.3 is 0 Å². The molecule has 0 N–H and O–H groups in total. The molecule has 0 unspecified atom stereocenters. The third-order valence-electron chi connectivity index (χ3n) is 2.82. The van der Waals surface area contributed by atoms with Gasteiger partial charge < -0.3 is 4.57 Å². The lowest BCUT2D eigenvalue weighted by atomic mass is 10.2. The first-order valence-electron chi connectivity index (χ1n) is 5.96. The molecule has 0 aliphatic rings. The summed E-state index contributed by atoms with van der Waals surface area (Å²) in [4.78, 5) is 0.743. The smallest absolute Gasteiger partial charge is 0.285 e. The summed E-state index contributed by atoms with van der Waals surface area (Å²) in [5, 5.41) is 1.91. The normalized spacial score (nSPS) is 12.9. The van der Waals surface area contributed by atoms with Gasteiger partial charge in [-0.2, -0.15) is 8.42 Å². The van der Waals surface area contributed by atoms with E-state index in [4.69, 9.17) is 0 Å². The van der Waals surface area contributed by atoms with E-state index in [2.05, 4.69) is 4.40 Å². The minimum atomic E-state index is -3.63. The van der Waals surface area contributed by atoms with E-state index < -0.39 is 10.0 Å². The second-order valence-electron chi connectivity index (χ2n) is 4.28. The third kappa shape index (κ3) is 2.96. The molecular formula is C13H16N2O2S2. The molecule has 1 heterocycles. The molecule has 0 spiro atoms. The van der Waals surface area contributed by atoms with Crippen molar-refractivity contribution in [3.05, 3.63) is 45.7 Å². The molecule has 0 saturated carbocycles. The first-order chi connectivity index (χ1) is 8.94. The van der Waals surface area contributed by atoms with Gasteiger partial charge in [-0.25, -0.2) is 0 Å². The van der Waals surface area contributed by atoms with Crippen molar-refractivity contribution in [1.29, 1.82) is 0 Å². The van der Waals surface area contributed by atoms with E-state index in [1.54, 1.807) is 24.3 Å². The number of sulfonamides is 1. The van der Waals surface area contributed by atoms with Gasteiger partial charge in [0.25, 0.3) is 10.0 Å². The highest BCUT2D eigenvalue weighted by molar-refractivity contribution is 7.90. The van der Waals surface area contributed by atoms with Crippen LogP contribution in [0.4, 0.5) is 0 Å². The number of nitrogens with zero attached hydrogens (tertiary/aromatic N) is 2. The number of aryl methyl sites for hydroxylation is 2. The number of hydrogen-bond acceptors (Lipinski definition) is 3. The maximum absolute atomic E-state index is 12.2. The molecule has 1 aromatic carbocycles. The van der Waals surface area contributed by atoms with Crippen molar-refractivity contribution in [3.8, 4) is 0 Å². The Morgan fingerprint density at radius 1 is 1.21 bits per heavy atom. The summed E-state index contributed by atoms with van der Waals surface area (Å²) in [5.41, 5.74) is 2.04. The standard InChI is InChI=1S/C13H16N2O2S2/c1-4-15-11(3)9-18-13(15)14-19(16,17)12-7-5-10(2)6-8-12/h5-9H,4H2,1-3H3. The molecule has 0 amide bonds. The Kier molecular flexibility index (Phi) is 3.91. The van der Waals surface area contributed by atoms with Crippen LogP contribution in [0.2, 0.25) is 0 Å². The first kappa shape index (κ1) is 14.0. The quantitative estimate of drug-likeness (QED) is 0.873. The maximum atomic E-state index is 12.2. The number of thiazole rings is 1. The van der Waals surface area contributed by atoms with Crippen LogP contribution in [0.1, 0.15) is 18.2 Å². The average molecular weight is 296 g/mol. The van der Waals surface area contributed by atoms with Gasteiger partial charge in [0, 0.05) is 17.6 Å². The van der Waals surface area contributed by atoms with E-state index in [0.717, 1.165) is 11.3 Å². The van der Waals surface area contributed by atoms with Crippen LogP contribution in [-0.4, -0.2) is 13.0 Å².